The van der Waals surface area contributed by atoms with Gasteiger partial charge in [-0.3, -0.25) is 4.79 Å². The van der Waals surface area contributed by atoms with Crippen LogP contribution >= 0.6 is 0 Å². The number of amides is 1. The minimum atomic E-state index is -0.471. The highest BCUT2D eigenvalue weighted by molar-refractivity contribution is 5.92. The number of ether oxygens (including phenoxy) is 1. The fourth-order valence-electron chi connectivity index (χ4n) is 3.00. The quantitative estimate of drug-likeness (QED) is 0.708. The van der Waals surface area contributed by atoms with Crippen LogP contribution in [0, 0.1) is 12.7 Å². The molecule has 0 atom stereocenters. The van der Waals surface area contributed by atoms with Gasteiger partial charge in [0.2, 0.25) is 5.89 Å². The van der Waals surface area contributed by atoms with Gasteiger partial charge in [-0.15, -0.1) is 0 Å². The van der Waals surface area contributed by atoms with Gasteiger partial charge in [-0.1, -0.05) is 12.1 Å². The zero-order chi connectivity index (χ0) is 18.8. The van der Waals surface area contributed by atoms with Crippen LogP contribution in [0.4, 0.5) is 4.39 Å². The maximum absolute atomic E-state index is 13.0. The van der Waals surface area contributed by atoms with Gasteiger partial charge in [-0.25, -0.2) is 14.4 Å². The van der Waals surface area contributed by atoms with Crippen molar-refractivity contribution in [1.82, 2.24) is 14.9 Å². The van der Waals surface area contributed by atoms with Crippen molar-refractivity contribution >= 4 is 5.91 Å². The lowest BCUT2D eigenvalue weighted by atomic mass is 10.1. The Balaban J connectivity index is 1.42. The van der Waals surface area contributed by atoms with Crippen molar-refractivity contribution in [3.05, 3.63) is 77.0 Å². The molecule has 138 valence electrons. The molecule has 3 heterocycles. The molecule has 2 aromatic heterocycles. The molecule has 0 unspecified atom stereocenters. The minimum Gasteiger partial charge on any atom is -0.484 e. The lowest BCUT2D eigenvalue weighted by molar-refractivity contribution is 0.0712. The van der Waals surface area contributed by atoms with E-state index in [-0.39, 0.29) is 18.2 Å². The van der Waals surface area contributed by atoms with Gasteiger partial charge in [-0.2, -0.15) is 0 Å². The molecular weight excluding hydrogens is 349 g/mol. The molecule has 0 saturated carbocycles. The average Bonchev–Trinajstić information content (AvgIpc) is 3.08. The van der Waals surface area contributed by atoms with E-state index in [9.17, 15) is 9.18 Å². The van der Waals surface area contributed by atoms with Crippen molar-refractivity contribution in [2.75, 3.05) is 6.54 Å². The molecule has 4 rings (SSSR count). The molecule has 1 amide bonds. The predicted octanol–water partition coefficient (Wildman–Crippen LogP) is 3.29. The summed E-state index contributed by atoms with van der Waals surface area (Å²) in [6.07, 6.45) is 1.63. The third-order valence-electron chi connectivity index (χ3n) is 4.36. The largest absolute Gasteiger partial charge is 0.484 e. The molecule has 0 N–H and O–H groups in total. The number of aryl methyl sites for hydroxylation is 1. The highest BCUT2D eigenvalue weighted by Gasteiger charge is 2.27. The number of fused-ring (bicyclic) bond motifs is 1. The van der Waals surface area contributed by atoms with Crippen LogP contribution < -0.4 is 4.74 Å². The third kappa shape index (κ3) is 3.81. The maximum Gasteiger partial charge on any atom is 0.272 e. The second-order valence-electron chi connectivity index (χ2n) is 6.42. The van der Waals surface area contributed by atoms with Crippen LogP contribution in [0.3, 0.4) is 0 Å². The van der Waals surface area contributed by atoms with Gasteiger partial charge in [0.15, 0.2) is 6.61 Å². The fraction of sp³-hybridized carbons (Fsp3) is 0.250. The first-order valence-electron chi connectivity index (χ1n) is 8.66. The number of halogens is 1. The Morgan fingerprint density at radius 2 is 2.22 bits per heavy atom. The number of aromatic nitrogens is 2. The summed E-state index contributed by atoms with van der Waals surface area (Å²) < 4.78 is 24.5. The molecule has 6 nitrogen and oxygen atoms in total. The molecule has 27 heavy (non-hydrogen) atoms. The SMILES string of the molecule is Cc1cccc(OCc2nc3c(o2)CN(C(=O)c2ccc(F)cn2)CC3)c1. The molecule has 1 aliphatic heterocycles. The van der Waals surface area contributed by atoms with Crippen molar-refractivity contribution in [2.24, 2.45) is 0 Å². The number of hydrogen-bond donors (Lipinski definition) is 0. The summed E-state index contributed by atoms with van der Waals surface area (Å²) in [6.45, 7) is 3.04. The van der Waals surface area contributed by atoms with Crippen molar-refractivity contribution in [2.45, 2.75) is 26.5 Å². The molecule has 3 aromatic rings. The molecule has 0 bridgehead atoms. The first-order chi connectivity index (χ1) is 13.1. The number of carbonyl (C=O) groups is 1. The lowest BCUT2D eigenvalue weighted by Gasteiger charge is -2.24. The predicted molar refractivity (Wildman–Crippen MR) is 94.7 cm³/mol. The number of nitrogens with zero attached hydrogens (tertiary/aromatic N) is 3. The smallest absolute Gasteiger partial charge is 0.272 e. The molecule has 0 spiro atoms. The molecule has 1 aromatic carbocycles. The summed E-state index contributed by atoms with van der Waals surface area (Å²) in [5.41, 5.74) is 2.17. The highest BCUT2D eigenvalue weighted by atomic mass is 19.1. The molecule has 0 aliphatic carbocycles. The standard InChI is InChI=1S/C20H18FN3O3/c1-13-3-2-4-15(9-13)26-12-19-23-16-7-8-24(11-18(16)27-19)20(25)17-6-5-14(21)10-22-17/h2-6,9-10H,7-8,11-12H2,1H3. The van der Waals surface area contributed by atoms with Crippen molar-refractivity contribution in [3.8, 4) is 5.75 Å². The van der Waals surface area contributed by atoms with E-state index in [0.29, 0.717) is 31.2 Å². The molecular formula is C20H18FN3O3. The number of oxazole rings is 1. The summed E-state index contributed by atoms with van der Waals surface area (Å²) in [4.78, 5) is 22.5. The summed E-state index contributed by atoms with van der Waals surface area (Å²) >= 11 is 0. The van der Waals surface area contributed by atoms with E-state index in [2.05, 4.69) is 9.97 Å². The van der Waals surface area contributed by atoms with Crippen LogP contribution in [0.25, 0.3) is 0 Å². The Morgan fingerprint density at radius 3 is 3.00 bits per heavy atom. The van der Waals surface area contributed by atoms with Crippen molar-refractivity contribution in [3.63, 3.8) is 0 Å². The first kappa shape index (κ1) is 17.2. The van der Waals surface area contributed by atoms with Crippen LogP contribution in [-0.4, -0.2) is 27.3 Å². The zero-order valence-electron chi connectivity index (χ0n) is 14.8. The maximum atomic E-state index is 13.0. The summed E-state index contributed by atoms with van der Waals surface area (Å²) in [6, 6.07) is 10.4. The van der Waals surface area contributed by atoms with Crippen LogP contribution in [0.1, 0.15) is 33.4 Å². The van der Waals surface area contributed by atoms with Gasteiger partial charge >= 0.3 is 0 Å². The number of carbonyl (C=O) groups excluding carboxylic acids is 1. The van der Waals surface area contributed by atoms with E-state index in [1.54, 1.807) is 4.90 Å². The Hall–Kier alpha value is -3.22. The fourth-order valence-corrected chi connectivity index (χ4v) is 3.00. The van der Waals surface area contributed by atoms with Gasteiger partial charge in [0, 0.05) is 13.0 Å². The Labute approximate surface area is 155 Å². The molecule has 0 radical (unpaired) electrons. The molecule has 1 aliphatic rings. The van der Waals surface area contributed by atoms with E-state index in [0.717, 1.165) is 23.2 Å². The normalized spacial score (nSPS) is 13.3. The Kier molecular flexibility index (Phi) is 4.58. The van der Waals surface area contributed by atoms with Crippen LogP contribution in [0.2, 0.25) is 0 Å². The summed E-state index contributed by atoms with van der Waals surface area (Å²) in [7, 11) is 0. The minimum absolute atomic E-state index is 0.211. The van der Waals surface area contributed by atoms with Crippen LogP contribution in [0.15, 0.2) is 47.0 Å². The van der Waals surface area contributed by atoms with E-state index >= 15 is 0 Å². The molecule has 0 saturated heterocycles. The third-order valence-corrected chi connectivity index (χ3v) is 4.36. The van der Waals surface area contributed by atoms with Gasteiger partial charge in [0.1, 0.15) is 23.0 Å². The number of pyridine rings is 1. The van der Waals surface area contributed by atoms with E-state index in [1.807, 2.05) is 31.2 Å². The van der Waals surface area contributed by atoms with Gasteiger partial charge in [0.05, 0.1) is 18.4 Å². The second-order valence-corrected chi connectivity index (χ2v) is 6.42. The van der Waals surface area contributed by atoms with Crippen LogP contribution in [0.5, 0.6) is 5.75 Å². The molecule has 7 heteroatoms. The average molecular weight is 367 g/mol. The van der Waals surface area contributed by atoms with Gasteiger partial charge in [-0.05, 0) is 36.8 Å². The molecule has 0 fully saturated rings. The zero-order valence-corrected chi connectivity index (χ0v) is 14.8. The number of hydrogen-bond acceptors (Lipinski definition) is 5. The highest BCUT2D eigenvalue weighted by Crippen LogP contribution is 2.22. The Morgan fingerprint density at radius 1 is 1.33 bits per heavy atom. The Bertz CT molecular complexity index is 969. The van der Waals surface area contributed by atoms with Crippen molar-refractivity contribution in [1.29, 1.82) is 0 Å². The van der Waals surface area contributed by atoms with Gasteiger partial charge in [0.25, 0.3) is 5.91 Å². The number of benzene rings is 1. The monoisotopic (exact) mass is 367 g/mol. The summed E-state index contributed by atoms with van der Waals surface area (Å²) in [5.74, 6) is 1.16. The number of rotatable bonds is 4. The van der Waals surface area contributed by atoms with Crippen molar-refractivity contribution < 1.29 is 18.3 Å². The summed E-state index contributed by atoms with van der Waals surface area (Å²) in [5, 5.41) is 0. The van der Waals surface area contributed by atoms with Crippen LogP contribution in [-0.2, 0) is 19.6 Å². The van der Waals surface area contributed by atoms with E-state index in [4.69, 9.17) is 9.15 Å². The lowest BCUT2D eigenvalue weighted by Crippen LogP contribution is -2.36. The van der Waals surface area contributed by atoms with E-state index in [1.165, 1.54) is 12.1 Å². The first-order valence-corrected chi connectivity index (χ1v) is 8.66. The van der Waals surface area contributed by atoms with E-state index < -0.39 is 5.82 Å². The van der Waals surface area contributed by atoms with Gasteiger partial charge < -0.3 is 14.1 Å². The second kappa shape index (κ2) is 7.19. The topological polar surface area (TPSA) is 68.5 Å².